The van der Waals surface area contributed by atoms with Gasteiger partial charge in [0, 0.05) is 114 Å². The van der Waals surface area contributed by atoms with Gasteiger partial charge >= 0.3 is 0 Å². The molecule has 9 nitrogen and oxygen atoms in total. The van der Waals surface area contributed by atoms with Gasteiger partial charge in [-0.05, 0) is 123 Å². The first-order valence-electron chi connectivity index (χ1n) is 19.6. The van der Waals surface area contributed by atoms with Gasteiger partial charge in [-0.15, -0.1) is 0 Å². The zero-order valence-corrected chi connectivity index (χ0v) is 34.9. The minimum atomic E-state index is 0.257. The second kappa shape index (κ2) is 22.5. The molecular weight excluding hydrogens is 596 g/mol. The quantitative estimate of drug-likeness (QED) is 0.418. The monoisotopic (exact) mass is 683 g/mol. The van der Waals surface area contributed by atoms with E-state index in [1.54, 1.807) is 0 Å². The molecule has 0 aliphatic carbocycles. The second-order valence-corrected chi connectivity index (χ2v) is 18.6. The molecule has 0 saturated carbocycles. The summed E-state index contributed by atoms with van der Waals surface area (Å²) in [5.41, 5.74) is 1.22. The van der Waals surface area contributed by atoms with Crippen molar-refractivity contribution in [1.29, 1.82) is 0 Å². The average molecular weight is 683 g/mol. The normalized spacial score (nSPS) is 22.1. The molecule has 9 heteroatoms. The first-order chi connectivity index (χ1) is 22.2. The van der Waals surface area contributed by atoms with Crippen LogP contribution < -0.4 is 10.6 Å². The van der Waals surface area contributed by atoms with Crippen molar-refractivity contribution in [2.45, 2.75) is 125 Å². The van der Waals surface area contributed by atoms with E-state index < -0.39 is 0 Å². The molecule has 2 N–H and O–H groups in total. The first-order valence-corrected chi connectivity index (χ1v) is 19.6. The molecule has 0 bridgehead atoms. The predicted octanol–water partition coefficient (Wildman–Crippen LogP) is 4.63. The molecule has 0 atom stereocenters. The van der Waals surface area contributed by atoms with Crippen LogP contribution in [0.25, 0.3) is 0 Å². The van der Waals surface area contributed by atoms with E-state index in [4.69, 9.17) is 4.74 Å². The molecule has 4 saturated heterocycles. The highest BCUT2D eigenvalue weighted by atomic mass is 16.5. The van der Waals surface area contributed by atoms with Crippen LogP contribution in [-0.2, 0) is 4.74 Å². The Morgan fingerprint density at radius 3 is 1.15 bits per heavy atom. The Morgan fingerprint density at radius 1 is 0.438 bits per heavy atom. The van der Waals surface area contributed by atoms with E-state index in [0.29, 0.717) is 11.1 Å². The fourth-order valence-corrected chi connectivity index (χ4v) is 6.14. The topological polar surface area (TPSA) is 52.7 Å². The third-order valence-electron chi connectivity index (χ3n) is 9.62. The molecule has 4 aliphatic heterocycles. The molecule has 4 rings (SSSR count). The van der Waals surface area contributed by atoms with Crippen LogP contribution in [0.1, 0.15) is 102 Å². The Kier molecular flexibility index (Phi) is 21.4. The van der Waals surface area contributed by atoms with Crippen molar-refractivity contribution in [3.8, 4) is 0 Å². The van der Waals surface area contributed by atoms with Crippen LogP contribution in [0.5, 0.6) is 0 Å². The molecule has 0 aromatic rings. The summed E-state index contributed by atoms with van der Waals surface area (Å²) in [4.78, 5) is 14.9. The molecule has 4 fully saturated rings. The van der Waals surface area contributed by atoms with Gasteiger partial charge in [-0.3, -0.25) is 14.7 Å². The van der Waals surface area contributed by atoms with Crippen molar-refractivity contribution in [2.75, 3.05) is 132 Å². The van der Waals surface area contributed by atoms with E-state index in [1.165, 1.54) is 97.8 Å². The number of piperazine rings is 2. The summed E-state index contributed by atoms with van der Waals surface area (Å²) in [6.45, 7) is 48.0. The fourth-order valence-electron chi connectivity index (χ4n) is 6.14. The maximum Gasteiger partial charge on any atom is 0.0594 e. The van der Waals surface area contributed by atoms with Gasteiger partial charge in [-0.2, -0.15) is 0 Å². The molecule has 4 heterocycles. The second-order valence-electron chi connectivity index (χ2n) is 18.6. The van der Waals surface area contributed by atoms with E-state index in [-0.39, 0.29) is 11.1 Å². The summed E-state index contributed by atoms with van der Waals surface area (Å²) in [6.07, 6.45) is 4.23. The lowest BCUT2D eigenvalue weighted by molar-refractivity contribution is -0.00389. The summed E-state index contributed by atoms with van der Waals surface area (Å²) in [5, 5.41) is 7.05. The summed E-state index contributed by atoms with van der Waals surface area (Å²) in [5.74, 6) is 0. The number of morpholine rings is 1. The summed E-state index contributed by atoms with van der Waals surface area (Å²) < 4.78 is 5.25. The van der Waals surface area contributed by atoms with E-state index in [0.717, 1.165) is 39.4 Å². The lowest BCUT2D eigenvalue weighted by Gasteiger charge is -2.41. The molecule has 288 valence electrons. The maximum absolute atomic E-state index is 5.25. The van der Waals surface area contributed by atoms with Gasteiger partial charge in [0.2, 0.25) is 0 Å². The molecule has 0 radical (unpaired) electrons. The number of rotatable bonds is 6. The SMILES string of the molecule is CC(C)(C)N1CCOCC1.CC(C)(C)NCCN1CCCCC1.CN1CCN(C(C)(C)C)CC1.CN1CCN(CCNC(C)(C)C)CC1. The molecule has 0 unspecified atom stereocenters. The van der Waals surface area contributed by atoms with Crippen molar-refractivity contribution in [3.63, 3.8) is 0 Å². The van der Waals surface area contributed by atoms with Crippen molar-refractivity contribution in [2.24, 2.45) is 0 Å². The lowest BCUT2D eigenvalue weighted by atomic mass is 10.1. The summed E-state index contributed by atoms with van der Waals surface area (Å²) in [7, 11) is 4.39. The predicted molar refractivity (Wildman–Crippen MR) is 211 cm³/mol. The van der Waals surface area contributed by atoms with E-state index in [9.17, 15) is 0 Å². The fraction of sp³-hybridized carbons (Fsp3) is 1.00. The molecule has 0 amide bonds. The number of nitrogens with zero attached hydrogens (tertiary/aromatic N) is 6. The van der Waals surface area contributed by atoms with Gasteiger partial charge in [0.05, 0.1) is 13.2 Å². The van der Waals surface area contributed by atoms with Gasteiger partial charge in [0.1, 0.15) is 0 Å². The molecule has 0 aromatic heterocycles. The van der Waals surface area contributed by atoms with Crippen LogP contribution in [0, 0.1) is 0 Å². The number of hydrogen-bond acceptors (Lipinski definition) is 9. The number of piperidine rings is 1. The average Bonchev–Trinajstić information content (AvgIpc) is 2.98. The van der Waals surface area contributed by atoms with Crippen molar-refractivity contribution in [1.82, 2.24) is 40.0 Å². The number of likely N-dealkylation sites (N-methyl/N-ethyl adjacent to an activating group) is 2. The standard InChI is InChI=1S/C11H25N3.C11H24N2.C9H20N2.C8H17NO/c1-11(2,3)12-5-6-14-9-7-13(4)8-10-14;1-11(2,3)12-7-10-13-8-5-4-6-9-13;1-9(2,3)11-7-5-10(4)6-8-11;1-8(2,3)9-4-6-10-7-5-9/h12H,5-10H2,1-4H3;12H,4-10H2,1-3H3;5-8H2,1-4H3;4-7H2,1-3H3. The number of hydrogen-bond donors (Lipinski definition) is 2. The van der Waals surface area contributed by atoms with Crippen LogP contribution in [0.2, 0.25) is 0 Å². The van der Waals surface area contributed by atoms with E-state index >= 15 is 0 Å². The molecular formula is C39H86N8O. The van der Waals surface area contributed by atoms with Crippen LogP contribution in [-0.4, -0.2) is 184 Å². The number of nitrogens with one attached hydrogen (secondary N) is 2. The van der Waals surface area contributed by atoms with Crippen molar-refractivity contribution < 1.29 is 4.74 Å². The smallest absolute Gasteiger partial charge is 0.0594 e. The van der Waals surface area contributed by atoms with Crippen molar-refractivity contribution in [3.05, 3.63) is 0 Å². The lowest BCUT2D eigenvalue weighted by Crippen LogP contribution is -2.52. The third-order valence-corrected chi connectivity index (χ3v) is 9.62. The van der Waals surface area contributed by atoms with Gasteiger partial charge in [-0.25, -0.2) is 0 Å². The van der Waals surface area contributed by atoms with E-state index in [1.807, 2.05) is 0 Å². The van der Waals surface area contributed by atoms with Gasteiger partial charge in [0.15, 0.2) is 0 Å². The number of likely N-dealkylation sites (tertiary alicyclic amines) is 1. The highest BCUT2D eigenvalue weighted by Gasteiger charge is 2.24. The maximum atomic E-state index is 5.25. The van der Waals surface area contributed by atoms with Gasteiger partial charge in [0.25, 0.3) is 0 Å². The first kappa shape index (κ1) is 45.7. The Bertz CT molecular complexity index is 770. The van der Waals surface area contributed by atoms with E-state index in [2.05, 4.69) is 137 Å². The van der Waals surface area contributed by atoms with Crippen LogP contribution >= 0.6 is 0 Å². The summed E-state index contributed by atoms with van der Waals surface area (Å²) >= 11 is 0. The Labute approximate surface area is 300 Å². The third kappa shape index (κ3) is 23.9. The van der Waals surface area contributed by atoms with Gasteiger partial charge in [-0.1, -0.05) is 6.42 Å². The zero-order valence-electron chi connectivity index (χ0n) is 34.9. The molecule has 0 aromatic carbocycles. The van der Waals surface area contributed by atoms with Gasteiger partial charge < -0.3 is 30.1 Å². The molecule has 0 spiro atoms. The molecule has 48 heavy (non-hydrogen) atoms. The highest BCUT2D eigenvalue weighted by molar-refractivity contribution is 4.81. The number of ether oxygens (including phenoxy) is 1. The van der Waals surface area contributed by atoms with Crippen molar-refractivity contribution >= 4 is 0 Å². The minimum absolute atomic E-state index is 0.257. The zero-order chi connectivity index (χ0) is 36.4. The Morgan fingerprint density at radius 2 is 0.792 bits per heavy atom. The Balaban J connectivity index is 0.000000322. The highest BCUT2D eigenvalue weighted by Crippen LogP contribution is 2.15. The van der Waals surface area contributed by atoms with Crippen LogP contribution in [0.3, 0.4) is 0 Å². The summed E-state index contributed by atoms with van der Waals surface area (Å²) in [6, 6.07) is 0. The Hall–Kier alpha value is -0.360. The van der Waals surface area contributed by atoms with Crippen LogP contribution in [0.4, 0.5) is 0 Å². The van der Waals surface area contributed by atoms with Crippen LogP contribution in [0.15, 0.2) is 0 Å². The largest absolute Gasteiger partial charge is 0.379 e. The molecule has 4 aliphatic rings. The minimum Gasteiger partial charge on any atom is -0.379 e.